The van der Waals surface area contributed by atoms with Crippen molar-refractivity contribution >= 4 is 27.5 Å². The van der Waals surface area contributed by atoms with E-state index in [1.54, 1.807) is 36.4 Å². The van der Waals surface area contributed by atoms with E-state index in [4.69, 9.17) is 9.47 Å². The lowest BCUT2D eigenvalue weighted by atomic mass is 10.0. The van der Waals surface area contributed by atoms with Gasteiger partial charge in [0.15, 0.2) is 11.6 Å². The summed E-state index contributed by atoms with van der Waals surface area (Å²) in [4.78, 5) is 24.6. The number of ether oxygens (including phenoxy) is 2. The normalized spacial score (nSPS) is 10.1. The van der Waals surface area contributed by atoms with Crippen LogP contribution in [0.15, 0.2) is 46.9 Å². The second-order valence-electron chi connectivity index (χ2n) is 4.58. The highest BCUT2D eigenvalue weighted by molar-refractivity contribution is 9.10. The predicted molar refractivity (Wildman–Crippen MR) is 87.0 cm³/mol. The summed E-state index contributed by atoms with van der Waals surface area (Å²) < 4.78 is 10.9. The van der Waals surface area contributed by atoms with Gasteiger partial charge in [0.25, 0.3) is 0 Å². The van der Waals surface area contributed by atoms with Crippen LogP contribution in [0.1, 0.15) is 27.1 Å². The molecule has 0 aliphatic heterocycles. The van der Waals surface area contributed by atoms with Gasteiger partial charge in [-0.15, -0.1) is 0 Å². The molecule has 0 bridgehead atoms. The van der Waals surface area contributed by atoms with Gasteiger partial charge in [0, 0.05) is 17.2 Å². The molecule has 0 saturated carbocycles. The van der Waals surface area contributed by atoms with Crippen LogP contribution in [-0.4, -0.2) is 25.8 Å². The molecule has 2 aromatic carbocycles. The Hall–Kier alpha value is -2.14. The lowest BCUT2D eigenvalue weighted by Crippen LogP contribution is -2.10. The van der Waals surface area contributed by atoms with E-state index in [9.17, 15) is 9.59 Å². The van der Waals surface area contributed by atoms with Crippen LogP contribution < -0.4 is 9.47 Å². The first-order valence-electron chi connectivity index (χ1n) is 6.59. The fraction of sp³-hybridized carbons (Fsp3) is 0.176. The summed E-state index contributed by atoms with van der Waals surface area (Å²) >= 11 is 3.34. The third-order valence-corrected chi connectivity index (χ3v) is 4.00. The van der Waals surface area contributed by atoms with Gasteiger partial charge in [-0.05, 0) is 22.0 Å². The molecule has 0 atom stereocenters. The molecule has 0 heterocycles. The zero-order chi connectivity index (χ0) is 16.1. The Morgan fingerprint density at radius 2 is 1.68 bits per heavy atom. The second-order valence-corrected chi connectivity index (χ2v) is 5.37. The molecule has 5 heteroatoms. The number of carbonyl (C=O) groups excluding carboxylic acids is 2. The molecule has 0 aliphatic carbocycles. The number of hydrogen-bond donors (Lipinski definition) is 0. The smallest absolute Gasteiger partial charge is 0.172 e. The van der Waals surface area contributed by atoms with Crippen LogP contribution in [0, 0.1) is 0 Å². The van der Waals surface area contributed by atoms with Crippen LogP contribution >= 0.6 is 15.9 Å². The number of hydrogen-bond acceptors (Lipinski definition) is 4. The van der Waals surface area contributed by atoms with E-state index in [-0.39, 0.29) is 18.0 Å². The molecule has 4 nitrogen and oxygen atoms in total. The molecule has 0 saturated heterocycles. The van der Waals surface area contributed by atoms with Crippen LogP contribution in [0.3, 0.4) is 0 Å². The highest BCUT2D eigenvalue weighted by Crippen LogP contribution is 2.34. The number of rotatable bonds is 6. The van der Waals surface area contributed by atoms with Gasteiger partial charge in [-0.2, -0.15) is 0 Å². The van der Waals surface area contributed by atoms with E-state index >= 15 is 0 Å². The Morgan fingerprint density at radius 1 is 1.00 bits per heavy atom. The quantitative estimate of drug-likeness (QED) is 0.577. The van der Waals surface area contributed by atoms with Crippen molar-refractivity contribution in [1.29, 1.82) is 0 Å². The number of methoxy groups -OCH3 is 2. The Morgan fingerprint density at radius 3 is 2.27 bits per heavy atom. The third-order valence-electron chi connectivity index (χ3n) is 3.19. The first-order chi connectivity index (χ1) is 10.6. The summed E-state index contributed by atoms with van der Waals surface area (Å²) in [5.74, 6) is 0.461. The van der Waals surface area contributed by atoms with Gasteiger partial charge in [0.2, 0.25) is 0 Å². The van der Waals surface area contributed by atoms with Crippen molar-refractivity contribution in [2.75, 3.05) is 14.2 Å². The minimum absolute atomic E-state index is 0.209. The molecular formula is C17H15BrO4. The SMILES string of the molecule is COc1cc(OC)c(Br)c(C(=O)CC(=O)c2ccccc2)c1. The number of halogens is 1. The molecule has 22 heavy (non-hydrogen) atoms. The molecule has 0 amide bonds. The van der Waals surface area contributed by atoms with Crippen LogP contribution in [0.25, 0.3) is 0 Å². The zero-order valence-corrected chi connectivity index (χ0v) is 13.8. The maximum atomic E-state index is 12.4. The first-order valence-corrected chi connectivity index (χ1v) is 7.39. The zero-order valence-electron chi connectivity index (χ0n) is 12.3. The summed E-state index contributed by atoms with van der Waals surface area (Å²) in [5, 5.41) is 0. The number of carbonyl (C=O) groups is 2. The molecule has 0 aliphatic rings. The summed E-state index contributed by atoms with van der Waals surface area (Å²) in [6.07, 6.45) is -0.209. The predicted octanol–water partition coefficient (Wildman–Crippen LogP) is 3.92. The number of benzene rings is 2. The topological polar surface area (TPSA) is 52.6 Å². The van der Waals surface area contributed by atoms with Gasteiger partial charge in [-0.3, -0.25) is 9.59 Å². The molecule has 114 valence electrons. The summed E-state index contributed by atoms with van der Waals surface area (Å²) in [7, 11) is 3.01. The number of ketones is 2. The average molecular weight is 363 g/mol. The van der Waals surface area contributed by atoms with Crippen molar-refractivity contribution in [3.05, 3.63) is 58.1 Å². The van der Waals surface area contributed by atoms with E-state index in [1.165, 1.54) is 14.2 Å². The summed E-state index contributed by atoms with van der Waals surface area (Å²) in [6, 6.07) is 12.0. The minimum Gasteiger partial charge on any atom is -0.497 e. The largest absolute Gasteiger partial charge is 0.497 e. The maximum Gasteiger partial charge on any atom is 0.172 e. The van der Waals surface area contributed by atoms with Crippen LogP contribution in [0.2, 0.25) is 0 Å². The van der Waals surface area contributed by atoms with Gasteiger partial charge in [0.05, 0.1) is 25.1 Å². The second kappa shape index (κ2) is 7.22. The van der Waals surface area contributed by atoms with Crippen molar-refractivity contribution in [2.24, 2.45) is 0 Å². The van der Waals surface area contributed by atoms with E-state index in [0.29, 0.717) is 27.1 Å². The van der Waals surface area contributed by atoms with Gasteiger partial charge >= 0.3 is 0 Å². The average Bonchev–Trinajstić information content (AvgIpc) is 2.55. The van der Waals surface area contributed by atoms with E-state index in [0.717, 1.165) is 0 Å². The van der Waals surface area contributed by atoms with E-state index < -0.39 is 0 Å². The fourth-order valence-corrected chi connectivity index (χ4v) is 2.62. The van der Waals surface area contributed by atoms with E-state index in [2.05, 4.69) is 15.9 Å². The van der Waals surface area contributed by atoms with Gasteiger partial charge < -0.3 is 9.47 Å². The van der Waals surface area contributed by atoms with Crippen molar-refractivity contribution in [3.8, 4) is 11.5 Å². The Labute approximate surface area is 137 Å². The van der Waals surface area contributed by atoms with Crippen molar-refractivity contribution in [2.45, 2.75) is 6.42 Å². The number of Topliss-reactive ketones (excluding diaryl/α,β-unsaturated/α-hetero) is 2. The minimum atomic E-state index is -0.294. The van der Waals surface area contributed by atoms with Crippen LogP contribution in [0.5, 0.6) is 11.5 Å². The highest BCUT2D eigenvalue weighted by atomic mass is 79.9. The van der Waals surface area contributed by atoms with Crippen molar-refractivity contribution in [1.82, 2.24) is 0 Å². The molecular weight excluding hydrogens is 348 g/mol. The fourth-order valence-electron chi connectivity index (χ4n) is 2.01. The van der Waals surface area contributed by atoms with E-state index in [1.807, 2.05) is 6.07 Å². The third kappa shape index (κ3) is 3.54. The van der Waals surface area contributed by atoms with Crippen LogP contribution in [0.4, 0.5) is 0 Å². The van der Waals surface area contributed by atoms with Crippen molar-refractivity contribution < 1.29 is 19.1 Å². The molecule has 2 rings (SSSR count). The lowest BCUT2D eigenvalue weighted by molar-refractivity contribution is 0.0893. The molecule has 0 spiro atoms. The Bertz CT molecular complexity index is 695. The van der Waals surface area contributed by atoms with Gasteiger partial charge in [-0.1, -0.05) is 30.3 Å². The Kier molecular flexibility index (Phi) is 5.33. The molecule has 0 radical (unpaired) electrons. The highest BCUT2D eigenvalue weighted by Gasteiger charge is 2.19. The first kappa shape index (κ1) is 16.2. The standard InChI is InChI=1S/C17H15BrO4/c1-21-12-8-13(17(18)16(9-12)22-2)15(20)10-14(19)11-6-4-3-5-7-11/h3-9H,10H2,1-2H3. The Balaban J connectivity index is 2.28. The van der Waals surface area contributed by atoms with Gasteiger partial charge in [-0.25, -0.2) is 0 Å². The summed E-state index contributed by atoms with van der Waals surface area (Å²) in [5.41, 5.74) is 0.877. The molecule has 0 fully saturated rings. The molecule has 0 unspecified atom stereocenters. The van der Waals surface area contributed by atoms with Crippen molar-refractivity contribution in [3.63, 3.8) is 0 Å². The molecule has 0 aromatic heterocycles. The molecule has 0 N–H and O–H groups in total. The summed E-state index contributed by atoms with van der Waals surface area (Å²) in [6.45, 7) is 0. The lowest BCUT2D eigenvalue weighted by Gasteiger charge is -2.11. The molecule has 2 aromatic rings. The maximum absolute atomic E-state index is 12.4. The van der Waals surface area contributed by atoms with Gasteiger partial charge in [0.1, 0.15) is 11.5 Å². The monoisotopic (exact) mass is 362 g/mol. The van der Waals surface area contributed by atoms with Crippen LogP contribution in [-0.2, 0) is 0 Å².